The molecule has 0 radical (unpaired) electrons. The first-order valence-corrected chi connectivity index (χ1v) is 6.83. The SMILES string of the molecule is CN(Cc1cccc(Cl)c1)S(=O)(=O)CCN. The number of rotatable bonds is 5. The molecule has 6 heteroatoms. The molecule has 0 fully saturated rings. The summed E-state index contributed by atoms with van der Waals surface area (Å²) in [6.07, 6.45) is 0. The number of sulfonamides is 1. The Hall–Kier alpha value is -0.620. The second-order valence-corrected chi connectivity index (χ2v) is 6.12. The van der Waals surface area contributed by atoms with Crippen molar-refractivity contribution in [2.75, 3.05) is 19.3 Å². The molecule has 16 heavy (non-hydrogen) atoms. The minimum Gasteiger partial charge on any atom is -0.329 e. The van der Waals surface area contributed by atoms with Gasteiger partial charge in [0.15, 0.2) is 0 Å². The zero-order valence-electron chi connectivity index (χ0n) is 9.06. The van der Waals surface area contributed by atoms with E-state index in [1.54, 1.807) is 18.2 Å². The monoisotopic (exact) mass is 262 g/mol. The Labute approximate surface area is 101 Å². The van der Waals surface area contributed by atoms with Crippen LogP contribution < -0.4 is 5.73 Å². The van der Waals surface area contributed by atoms with E-state index in [-0.39, 0.29) is 12.3 Å². The van der Waals surface area contributed by atoms with Crippen LogP contribution >= 0.6 is 11.6 Å². The molecule has 90 valence electrons. The highest BCUT2D eigenvalue weighted by molar-refractivity contribution is 7.89. The van der Waals surface area contributed by atoms with Crippen molar-refractivity contribution in [1.29, 1.82) is 0 Å². The van der Waals surface area contributed by atoms with Crippen LogP contribution in [0.4, 0.5) is 0 Å². The summed E-state index contributed by atoms with van der Waals surface area (Å²) in [5.74, 6) is -0.0376. The van der Waals surface area contributed by atoms with Gasteiger partial charge in [0.1, 0.15) is 0 Å². The van der Waals surface area contributed by atoms with Crippen LogP contribution in [-0.4, -0.2) is 32.1 Å². The maximum absolute atomic E-state index is 11.6. The van der Waals surface area contributed by atoms with Gasteiger partial charge in [0.25, 0.3) is 0 Å². The Morgan fingerprint density at radius 1 is 1.44 bits per heavy atom. The Kier molecular flexibility index (Phi) is 4.73. The van der Waals surface area contributed by atoms with E-state index < -0.39 is 10.0 Å². The smallest absolute Gasteiger partial charge is 0.215 e. The Balaban J connectivity index is 2.75. The molecule has 0 aliphatic carbocycles. The molecule has 0 saturated carbocycles. The quantitative estimate of drug-likeness (QED) is 0.863. The molecule has 0 bridgehead atoms. The number of benzene rings is 1. The lowest BCUT2D eigenvalue weighted by molar-refractivity contribution is 0.467. The first-order valence-electron chi connectivity index (χ1n) is 4.84. The van der Waals surface area contributed by atoms with Crippen LogP contribution in [0.5, 0.6) is 0 Å². The molecular formula is C10H15ClN2O2S. The van der Waals surface area contributed by atoms with E-state index in [2.05, 4.69) is 0 Å². The number of hydrogen-bond acceptors (Lipinski definition) is 3. The van der Waals surface area contributed by atoms with Crippen molar-refractivity contribution in [3.05, 3.63) is 34.9 Å². The predicted molar refractivity (Wildman–Crippen MR) is 65.8 cm³/mol. The van der Waals surface area contributed by atoms with Crippen LogP contribution in [0, 0.1) is 0 Å². The first kappa shape index (κ1) is 13.4. The molecular weight excluding hydrogens is 248 g/mol. The second kappa shape index (κ2) is 5.63. The maximum Gasteiger partial charge on any atom is 0.215 e. The molecule has 0 amide bonds. The Bertz CT molecular complexity index is 448. The molecule has 0 aromatic heterocycles. The minimum absolute atomic E-state index is 0.0376. The fraction of sp³-hybridized carbons (Fsp3) is 0.400. The molecule has 0 atom stereocenters. The van der Waals surface area contributed by atoms with Gasteiger partial charge in [-0.25, -0.2) is 12.7 Å². The summed E-state index contributed by atoms with van der Waals surface area (Å²) in [5.41, 5.74) is 6.10. The lowest BCUT2D eigenvalue weighted by Crippen LogP contribution is -2.31. The third-order valence-electron chi connectivity index (χ3n) is 2.14. The van der Waals surface area contributed by atoms with E-state index in [1.807, 2.05) is 6.07 Å². The number of halogens is 1. The molecule has 1 aromatic rings. The van der Waals surface area contributed by atoms with Gasteiger partial charge < -0.3 is 5.73 Å². The molecule has 1 rings (SSSR count). The zero-order valence-corrected chi connectivity index (χ0v) is 10.6. The van der Waals surface area contributed by atoms with Gasteiger partial charge >= 0.3 is 0 Å². The maximum atomic E-state index is 11.6. The van der Waals surface area contributed by atoms with E-state index in [9.17, 15) is 8.42 Å². The lowest BCUT2D eigenvalue weighted by atomic mass is 10.2. The summed E-state index contributed by atoms with van der Waals surface area (Å²) in [4.78, 5) is 0. The summed E-state index contributed by atoms with van der Waals surface area (Å²) >= 11 is 5.82. The molecule has 0 heterocycles. The van der Waals surface area contributed by atoms with Crippen LogP contribution in [0.2, 0.25) is 5.02 Å². The van der Waals surface area contributed by atoms with Crippen molar-refractivity contribution in [3.8, 4) is 0 Å². The summed E-state index contributed by atoms with van der Waals surface area (Å²) in [7, 11) is -1.72. The van der Waals surface area contributed by atoms with E-state index in [1.165, 1.54) is 11.4 Å². The molecule has 0 unspecified atom stereocenters. The minimum atomic E-state index is -3.26. The lowest BCUT2D eigenvalue weighted by Gasteiger charge is -2.16. The topological polar surface area (TPSA) is 63.4 Å². The number of nitrogens with zero attached hydrogens (tertiary/aromatic N) is 1. The van der Waals surface area contributed by atoms with E-state index >= 15 is 0 Å². The van der Waals surface area contributed by atoms with Crippen LogP contribution in [0.15, 0.2) is 24.3 Å². The van der Waals surface area contributed by atoms with E-state index in [0.717, 1.165) is 5.56 Å². The third kappa shape index (κ3) is 3.75. The van der Waals surface area contributed by atoms with Gasteiger partial charge in [0, 0.05) is 25.2 Å². The van der Waals surface area contributed by atoms with Crippen molar-refractivity contribution >= 4 is 21.6 Å². The van der Waals surface area contributed by atoms with E-state index in [4.69, 9.17) is 17.3 Å². The molecule has 0 saturated heterocycles. The van der Waals surface area contributed by atoms with Crippen molar-refractivity contribution in [1.82, 2.24) is 4.31 Å². The summed E-state index contributed by atoms with van der Waals surface area (Å²) in [6.45, 7) is 0.436. The molecule has 0 spiro atoms. The van der Waals surface area contributed by atoms with Crippen molar-refractivity contribution in [2.45, 2.75) is 6.54 Å². The van der Waals surface area contributed by atoms with Crippen molar-refractivity contribution in [2.24, 2.45) is 5.73 Å². The summed E-state index contributed by atoms with van der Waals surface area (Å²) < 4.78 is 24.5. The van der Waals surface area contributed by atoms with Gasteiger partial charge in [-0.2, -0.15) is 0 Å². The molecule has 4 nitrogen and oxygen atoms in total. The average Bonchev–Trinajstić information content (AvgIpc) is 2.17. The molecule has 1 aromatic carbocycles. The van der Waals surface area contributed by atoms with E-state index in [0.29, 0.717) is 11.6 Å². The second-order valence-electron chi connectivity index (χ2n) is 3.49. The zero-order chi connectivity index (χ0) is 12.2. The third-order valence-corrected chi connectivity index (χ3v) is 4.21. The number of nitrogens with two attached hydrogens (primary N) is 1. The first-order chi connectivity index (χ1) is 7.45. The standard InChI is InChI=1S/C10H15ClN2O2S/c1-13(16(14,15)6-5-12)8-9-3-2-4-10(11)7-9/h2-4,7H,5-6,8,12H2,1H3. The summed E-state index contributed by atoms with van der Waals surface area (Å²) in [5, 5.41) is 0.599. The fourth-order valence-corrected chi connectivity index (χ4v) is 2.46. The highest BCUT2D eigenvalue weighted by atomic mass is 35.5. The van der Waals surface area contributed by atoms with Gasteiger partial charge in [-0.1, -0.05) is 23.7 Å². The fourth-order valence-electron chi connectivity index (χ4n) is 1.30. The van der Waals surface area contributed by atoms with Gasteiger partial charge in [0.2, 0.25) is 10.0 Å². The van der Waals surface area contributed by atoms with Crippen molar-refractivity contribution in [3.63, 3.8) is 0 Å². The van der Waals surface area contributed by atoms with Crippen LogP contribution in [0.25, 0.3) is 0 Å². The van der Waals surface area contributed by atoms with Gasteiger partial charge in [-0.15, -0.1) is 0 Å². The number of hydrogen-bond donors (Lipinski definition) is 1. The van der Waals surface area contributed by atoms with Gasteiger partial charge in [0.05, 0.1) is 5.75 Å². The summed E-state index contributed by atoms with van der Waals surface area (Å²) in [6, 6.07) is 7.12. The molecule has 2 N–H and O–H groups in total. The predicted octanol–water partition coefficient (Wildman–Crippen LogP) is 1.06. The normalized spacial score (nSPS) is 12.0. The highest BCUT2D eigenvalue weighted by Gasteiger charge is 2.16. The van der Waals surface area contributed by atoms with Gasteiger partial charge in [-0.05, 0) is 17.7 Å². The Morgan fingerprint density at radius 2 is 2.12 bits per heavy atom. The molecule has 0 aliphatic rings. The largest absolute Gasteiger partial charge is 0.329 e. The Morgan fingerprint density at radius 3 is 2.69 bits per heavy atom. The van der Waals surface area contributed by atoms with Crippen LogP contribution in [-0.2, 0) is 16.6 Å². The van der Waals surface area contributed by atoms with Crippen LogP contribution in [0.1, 0.15) is 5.56 Å². The average molecular weight is 263 g/mol. The highest BCUT2D eigenvalue weighted by Crippen LogP contribution is 2.13. The van der Waals surface area contributed by atoms with Crippen molar-refractivity contribution < 1.29 is 8.42 Å². The van der Waals surface area contributed by atoms with Gasteiger partial charge in [-0.3, -0.25) is 0 Å². The molecule has 0 aliphatic heterocycles. The van der Waals surface area contributed by atoms with Crippen LogP contribution in [0.3, 0.4) is 0 Å².